The number of carbonyl (C=O) groups excluding carboxylic acids is 1. The summed E-state index contributed by atoms with van der Waals surface area (Å²) in [5.41, 5.74) is 6.07. The van der Waals surface area contributed by atoms with E-state index in [9.17, 15) is 9.90 Å². The number of aliphatic imine (C=N–C) groups is 1. The Hall–Kier alpha value is -3.92. The number of hydrazine groups is 1. The molecule has 0 bridgehead atoms. The smallest absolute Gasteiger partial charge is 0.266 e. The quantitative estimate of drug-likeness (QED) is 0.174. The first-order chi connectivity index (χ1) is 20.9. The third-order valence-corrected chi connectivity index (χ3v) is 8.15. The second-order valence-electron chi connectivity index (χ2n) is 11.3. The topological polar surface area (TPSA) is 122 Å². The summed E-state index contributed by atoms with van der Waals surface area (Å²) in [5.74, 6) is 1.29. The van der Waals surface area contributed by atoms with Crippen molar-refractivity contribution in [2.75, 3.05) is 26.9 Å². The van der Waals surface area contributed by atoms with Gasteiger partial charge in [-0.1, -0.05) is 61.7 Å². The summed E-state index contributed by atoms with van der Waals surface area (Å²) in [6.07, 6.45) is 4.50. The Balaban J connectivity index is 1.50. The summed E-state index contributed by atoms with van der Waals surface area (Å²) in [6.45, 7) is 0.723. The predicted molar refractivity (Wildman–Crippen MR) is 164 cm³/mol. The van der Waals surface area contributed by atoms with Crippen LogP contribution < -0.4 is 20.3 Å². The van der Waals surface area contributed by atoms with Crippen molar-refractivity contribution < 1.29 is 29.2 Å². The Morgan fingerprint density at radius 3 is 2.49 bits per heavy atom. The molecule has 1 heterocycles. The Labute approximate surface area is 252 Å². The molecule has 0 saturated heterocycles. The lowest BCUT2D eigenvalue weighted by molar-refractivity contribution is -0.130. The van der Waals surface area contributed by atoms with E-state index in [1.807, 2.05) is 78.9 Å². The van der Waals surface area contributed by atoms with E-state index in [1.165, 1.54) is 0 Å². The molecule has 0 aromatic heterocycles. The molecule has 5 rings (SSSR count). The van der Waals surface area contributed by atoms with Crippen molar-refractivity contribution >= 4 is 11.8 Å². The van der Waals surface area contributed by atoms with Crippen LogP contribution >= 0.6 is 0 Å². The van der Waals surface area contributed by atoms with Crippen molar-refractivity contribution in [3.05, 3.63) is 95.6 Å². The molecule has 2 aliphatic rings. The largest absolute Gasteiger partial charge is 0.497 e. The molecule has 2 atom stereocenters. The van der Waals surface area contributed by atoms with Crippen molar-refractivity contribution in [3.63, 3.8) is 0 Å². The van der Waals surface area contributed by atoms with Crippen LogP contribution in [0.5, 0.6) is 11.5 Å². The molecule has 9 heteroatoms. The number of hydrogen-bond donors (Lipinski definition) is 4. The third-order valence-electron chi connectivity index (χ3n) is 8.15. The molecule has 1 fully saturated rings. The molecular formula is C34H41N3O6. The van der Waals surface area contributed by atoms with E-state index >= 15 is 0 Å². The number of amides is 1. The molecule has 0 unspecified atom stereocenters. The molecule has 43 heavy (non-hydrogen) atoms. The normalized spacial score (nSPS) is 21.0. The third kappa shape index (κ3) is 7.36. The number of nitrogens with one attached hydrogen (secondary N) is 2. The minimum atomic E-state index is -1.37. The van der Waals surface area contributed by atoms with Gasteiger partial charge in [0.1, 0.15) is 11.5 Å². The monoisotopic (exact) mass is 587 g/mol. The lowest BCUT2D eigenvalue weighted by Gasteiger charge is -2.34. The molecule has 4 N–H and O–H groups in total. The zero-order valence-corrected chi connectivity index (χ0v) is 24.6. The average Bonchev–Trinajstić information content (AvgIpc) is 3.42. The van der Waals surface area contributed by atoms with Gasteiger partial charge in [0.15, 0.2) is 11.6 Å². The van der Waals surface area contributed by atoms with Gasteiger partial charge in [-0.3, -0.25) is 10.2 Å². The fourth-order valence-electron chi connectivity index (χ4n) is 5.78. The minimum absolute atomic E-state index is 0.0636. The fourth-order valence-corrected chi connectivity index (χ4v) is 5.78. The van der Waals surface area contributed by atoms with Gasteiger partial charge in [0, 0.05) is 31.6 Å². The fraction of sp³-hybridized carbons (Fsp3) is 0.412. The number of benzene rings is 3. The lowest BCUT2D eigenvalue weighted by atomic mass is 9.82. The highest BCUT2D eigenvalue weighted by atomic mass is 16.5. The van der Waals surface area contributed by atoms with Gasteiger partial charge in [0.2, 0.25) is 5.90 Å². The molecule has 1 amide bonds. The van der Waals surface area contributed by atoms with E-state index < -0.39 is 17.2 Å². The average molecular weight is 588 g/mol. The standard InChI is InChI=1S/C34H41N3O6/c1-41-29-13-8-12-27(22-29)30-34(23-25-10-4-2-5-11-25,32(39)37-35-24-33(40)18-6-3-7-19-33)36-31(43-30)26-14-16-28(17-15-26)42-21-9-20-38/h2,4-5,8,10-17,22,30,35,38,40H,3,6-7,9,18-21,23-24H2,1H3,(H,37,39)/t30-,34-/m0/s1. The van der Waals surface area contributed by atoms with Crippen LogP contribution in [0.2, 0.25) is 0 Å². The molecule has 0 spiro atoms. The van der Waals surface area contributed by atoms with E-state index in [4.69, 9.17) is 24.3 Å². The van der Waals surface area contributed by atoms with Crippen LogP contribution in [0.4, 0.5) is 0 Å². The Morgan fingerprint density at radius 1 is 1.00 bits per heavy atom. The van der Waals surface area contributed by atoms with Crippen LogP contribution in [0.3, 0.4) is 0 Å². The maximum absolute atomic E-state index is 14.3. The predicted octanol–water partition coefficient (Wildman–Crippen LogP) is 4.27. The summed E-state index contributed by atoms with van der Waals surface area (Å²) in [4.78, 5) is 19.4. The van der Waals surface area contributed by atoms with E-state index in [1.54, 1.807) is 7.11 Å². The zero-order chi connectivity index (χ0) is 30.1. The van der Waals surface area contributed by atoms with Gasteiger partial charge in [-0.2, -0.15) is 0 Å². The molecule has 1 aliphatic heterocycles. The molecular weight excluding hydrogens is 546 g/mol. The van der Waals surface area contributed by atoms with Crippen LogP contribution in [0.15, 0.2) is 83.9 Å². The number of rotatable bonds is 13. The van der Waals surface area contributed by atoms with Gasteiger partial charge in [-0.15, -0.1) is 0 Å². The van der Waals surface area contributed by atoms with Crippen molar-refractivity contribution in [1.29, 1.82) is 0 Å². The van der Waals surface area contributed by atoms with Crippen molar-refractivity contribution in [2.45, 2.75) is 62.2 Å². The van der Waals surface area contributed by atoms with Gasteiger partial charge < -0.3 is 24.4 Å². The van der Waals surface area contributed by atoms with Crippen LogP contribution in [0.1, 0.15) is 61.3 Å². The van der Waals surface area contributed by atoms with Gasteiger partial charge in [0.25, 0.3) is 5.91 Å². The van der Waals surface area contributed by atoms with Crippen molar-refractivity contribution in [3.8, 4) is 11.5 Å². The van der Waals surface area contributed by atoms with Crippen LogP contribution in [0, 0.1) is 0 Å². The molecule has 3 aromatic rings. The van der Waals surface area contributed by atoms with Gasteiger partial charge in [-0.05, 0) is 60.4 Å². The number of aliphatic hydroxyl groups excluding tert-OH is 1. The Bertz CT molecular complexity index is 1370. The van der Waals surface area contributed by atoms with Crippen molar-refractivity contribution in [2.24, 2.45) is 4.99 Å². The van der Waals surface area contributed by atoms with Crippen LogP contribution in [-0.2, 0) is 16.0 Å². The zero-order valence-electron chi connectivity index (χ0n) is 24.6. The second-order valence-corrected chi connectivity index (χ2v) is 11.3. The molecule has 3 aromatic carbocycles. The van der Waals surface area contributed by atoms with E-state index in [0.29, 0.717) is 48.8 Å². The van der Waals surface area contributed by atoms with Gasteiger partial charge >= 0.3 is 0 Å². The maximum Gasteiger partial charge on any atom is 0.266 e. The molecule has 9 nitrogen and oxygen atoms in total. The van der Waals surface area contributed by atoms with Gasteiger partial charge in [0.05, 0.1) is 19.3 Å². The highest BCUT2D eigenvalue weighted by Gasteiger charge is 2.53. The minimum Gasteiger partial charge on any atom is -0.497 e. The lowest BCUT2D eigenvalue weighted by Crippen LogP contribution is -2.56. The Kier molecular flexibility index (Phi) is 9.97. The number of carbonyl (C=O) groups is 1. The first-order valence-corrected chi connectivity index (χ1v) is 15.0. The summed E-state index contributed by atoms with van der Waals surface area (Å²) in [7, 11) is 1.60. The summed E-state index contributed by atoms with van der Waals surface area (Å²) in [6, 6.07) is 24.6. The Morgan fingerprint density at radius 2 is 1.77 bits per heavy atom. The molecule has 0 radical (unpaired) electrons. The summed E-state index contributed by atoms with van der Waals surface area (Å²) < 4.78 is 17.8. The number of nitrogens with zero attached hydrogens (tertiary/aromatic N) is 1. The number of ether oxygens (including phenoxy) is 3. The van der Waals surface area contributed by atoms with E-state index in [0.717, 1.165) is 30.4 Å². The van der Waals surface area contributed by atoms with E-state index in [2.05, 4.69) is 10.9 Å². The van der Waals surface area contributed by atoms with Gasteiger partial charge in [-0.25, -0.2) is 10.4 Å². The molecule has 1 saturated carbocycles. The first kappa shape index (κ1) is 30.5. The maximum atomic E-state index is 14.3. The summed E-state index contributed by atoms with van der Waals surface area (Å²) >= 11 is 0. The molecule has 1 aliphatic carbocycles. The number of aliphatic hydroxyl groups is 2. The number of hydrogen-bond acceptors (Lipinski definition) is 8. The summed E-state index contributed by atoms with van der Waals surface area (Å²) in [5, 5.41) is 20.1. The van der Waals surface area contributed by atoms with Crippen molar-refractivity contribution in [1.82, 2.24) is 10.9 Å². The first-order valence-electron chi connectivity index (χ1n) is 15.0. The van der Waals surface area contributed by atoms with E-state index in [-0.39, 0.29) is 25.5 Å². The highest BCUT2D eigenvalue weighted by molar-refractivity contribution is 6.01. The SMILES string of the molecule is COc1cccc([C@@H]2OC(c3ccc(OCCCO)cc3)=N[C@]2(Cc2ccccc2)C(=O)NNCC2(O)CCCCC2)c1. The van der Waals surface area contributed by atoms with Crippen LogP contribution in [0.25, 0.3) is 0 Å². The highest BCUT2D eigenvalue weighted by Crippen LogP contribution is 2.43. The van der Waals surface area contributed by atoms with Crippen LogP contribution in [-0.4, -0.2) is 60.0 Å². The second kappa shape index (κ2) is 14.0. The molecule has 228 valence electrons. The number of methoxy groups -OCH3 is 1.